The second-order valence-corrected chi connectivity index (χ2v) is 4.70. The highest BCUT2D eigenvalue weighted by atomic mass is 79.9. The standard InChI is InChI=1S/C13H19BrN2O3/c1-18-8-7-15-5-6-16-13(17)11-9-10(19-2)3-4-12(11)14/h3-4,9,15H,5-8H2,1-2H3,(H,16,17). The van der Waals surface area contributed by atoms with Gasteiger partial charge in [0.25, 0.3) is 5.91 Å². The molecular formula is C13H19BrN2O3. The van der Waals surface area contributed by atoms with E-state index >= 15 is 0 Å². The van der Waals surface area contributed by atoms with Crippen molar-refractivity contribution in [2.75, 3.05) is 40.5 Å². The minimum atomic E-state index is -0.126. The van der Waals surface area contributed by atoms with Crippen LogP contribution in [0.2, 0.25) is 0 Å². The second kappa shape index (κ2) is 8.90. The molecule has 0 bridgehead atoms. The van der Waals surface area contributed by atoms with Gasteiger partial charge in [0.2, 0.25) is 0 Å². The minimum Gasteiger partial charge on any atom is -0.497 e. The lowest BCUT2D eigenvalue weighted by Gasteiger charge is -2.09. The predicted octanol–water partition coefficient (Wildman–Crippen LogP) is 1.42. The van der Waals surface area contributed by atoms with Gasteiger partial charge in [0.15, 0.2) is 0 Å². The Kier molecular flexibility index (Phi) is 7.47. The number of carbonyl (C=O) groups is 1. The Morgan fingerprint density at radius 1 is 1.26 bits per heavy atom. The van der Waals surface area contributed by atoms with Gasteiger partial charge in [0.05, 0.1) is 19.3 Å². The number of methoxy groups -OCH3 is 2. The largest absolute Gasteiger partial charge is 0.497 e. The van der Waals surface area contributed by atoms with Gasteiger partial charge in [-0.25, -0.2) is 0 Å². The summed E-state index contributed by atoms with van der Waals surface area (Å²) in [4.78, 5) is 12.0. The molecule has 2 N–H and O–H groups in total. The smallest absolute Gasteiger partial charge is 0.252 e. The zero-order valence-corrected chi connectivity index (χ0v) is 12.7. The number of rotatable bonds is 8. The van der Waals surface area contributed by atoms with Crippen molar-refractivity contribution in [3.05, 3.63) is 28.2 Å². The van der Waals surface area contributed by atoms with Gasteiger partial charge < -0.3 is 20.1 Å². The fraction of sp³-hybridized carbons (Fsp3) is 0.462. The molecule has 0 unspecified atom stereocenters. The van der Waals surface area contributed by atoms with Crippen LogP contribution in [0, 0.1) is 0 Å². The molecule has 5 nitrogen and oxygen atoms in total. The molecule has 19 heavy (non-hydrogen) atoms. The van der Waals surface area contributed by atoms with Gasteiger partial charge in [-0.1, -0.05) is 0 Å². The molecular weight excluding hydrogens is 312 g/mol. The first kappa shape index (κ1) is 15.9. The van der Waals surface area contributed by atoms with E-state index < -0.39 is 0 Å². The third-order valence-electron chi connectivity index (χ3n) is 2.49. The van der Waals surface area contributed by atoms with E-state index in [4.69, 9.17) is 9.47 Å². The molecule has 0 aliphatic carbocycles. The second-order valence-electron chi connectivity index (χ2n) is 3.84. The summed E-state index contributed by atoms with van der Waals surface area (Å²) in [7, 11) is 3.23. The quantitative estimate of drug-likeness (QED) is 0.708. The summed E-state index contributed by atoms with van der Waals surface area (Å²) in [5.41, 5.74) is 0.566. The zero-order valence-electron chi connectivity index (χ0n) is 11.2. The van der Waals surface area contributed by atoms with E-state index in [2.05, 4.69) is 26.6 Å². The Morgan fingerprint density at radius 2 is 2.05 bits per heavy atom. The lowest BCUT2D eigenvalue weighted by molar-refractivity contribution is 0.0952. The molecule has 0 fully saturated rings. The fourth-order valence-corrected chi connectivity index (χ4v) is 1.89. The molecule has 1 amide bonds. The Morgan fingerprint density at radius 3 is 2.74 bits per heavy atom. The SMILES string of the molecule is COCCNCCNC(=O)c1cc(OC)ccc1Br. The molecule has 106 valence electrons. The van der Waals surface area contributed by atoms with Gasteiger partial charge in [0.1, 0.15) is 5.75 Å². The van der Waals surface area contributed by atoms with Crippen molar-refractivity contribution in [3.63, 3.8) is 0 Å². The molecule has 0 spiro atoms. The molecule has 1 aromatic rings. The number of carbonyl (C=O) groups excluding carboxylic acids is 1. The first-order valence-corrected chi connectivity index (χ1v) is 6.79. The van der Waals surface area contributed by atoms with Gasteiger partial charge in [-0.05, 0) is 34.1 Å². The highest BCUT2D eigenvalue weighted by Gasteiger charge is 2.10. The first-order valence-electron chi connectivity index (χ1n) is 6.00. The predicted molar refractivity (Wildman–Crippen MR) is 77.8 cm³/mol. The van der Waals surface area contributed by atoms with E-state index in [-0.39, 0.29) is 5.91 Å². The average molecular weight is 331 g/mol. The van der Waals surface area contributed by atoms with Gasteiger partial charge >= 0.3 is 0 Å². The summed E-state index contributed by atoms with van der Waals surface area (Å²) < 4.78 is 10.8. The Balaban J connectivity index is 2.40. The molecule has 0 heterocycles. The van der Waals surface area contributed by atoms with Crippen molar-refractivity contribution in [1.29, 1.82) is 0 Å². The average Bonchev–Trinajstić information content (AvgIpc) is 2.43. The van der Waals surface area contributed by atoms with Crippen molar-refractivity contribution < 1.29 is 14.3 Å². The van der Waals surface area contributed by atoms with Crippen LogP contribution < -0.4 is 15.4 Å². The van der Waals surface area contributed by atoms with E-state index in [1.807, 2.05) is 0 Å². The maximum absolute atomic E-state index is 12.0. The number of ether oxygens (including phenoxy) is 2. The number of hydrogen-bond donors (Lipinski definition) is 2. The lowest BCUT2D eigenvalue weighted by atomic mass is 10.2. The van der Waals surface area contributed by atoms with Crippen molar-refractivity contribution in [2.45, 2.75) is 0 Å². The van der Waals surface area contributed by atoms with E-state index in [0.717, 1.165) is 11.0 Å². The van der Waals surface area contributed by atoms with Gasteiger partial charge in [-0.15, -0.1) is 0 Å². The maximum Gasteiger partial charge on any atom is 0.252 e. The number of benzene rings is 1. The Bertz CT molecular complexity index is 413. The van der Waals surface area contributed by atoms with Crippen molar-refractivity contribution >= 4 is 21.8 Å². The molecule has 0 saturated heterocycles. The summed E-state index contributed by atoms with van der Waals surface area (Å²) in [5.74, 6) is 0.533. The Labute approximate surface area is 121 Å². The summed E-state index contributed by atoms with van der Waals surface area (Å²) in [6, 6.07) is 5.30. The normalized spacial score (nSPS) is 10.3. The number of nitrogens with one attached hydrogen (secondary N) is 2. The topological polar surface area (TPSA) is 59.6 Å². The fourth-order valence-electron chi connectivity index (χ4n) is 1.46. The van der Waals surface area contributed by atoms with Crippen LogP contribution in [0.25, 0.3) is 0 Å². The van der Waals surface area contributed by atoms with Crippen molar-refractivity contribution in [3.8, 4) is 5.75 Å². The number of amides is 1. The lowest BCUT2D eigenvalue weighted by Crippen LogP contribution is -2.33. The Hall–Kier alpha value is -1.11. The first-order chi connectivity index (χ1) is 9.19. The molecule has 0 atom stereocenters. The van der Waals surface area contributed by atoms with Crippen LogP contribution in [0.1, 0.15) is 10.4 Å². The van der Waals surface area contributed by atoms with E-state index in [0.29, 0.717) is 31.0 Å². The minimum absolute atomic E-state index is 0.126. The van der Waals surface area contributed by atoms with Crippen LogP contribution in [-0.2, 0) is 4.74 Å². The van der Waals surface area contributed by atoms with E-state index in [1.54, 1.807) is 32.4 Å². The van der Waals surface area contributed by atoms with E-state index in [9.17, 15) is 4.79 Å². The van der Waals surface area contributed by atoms with E-state index in [1.165, 1.54) is 0 Å². The van der Waals surface area contributed by atoms with Crippen LogP contribution >= 0.6 is 15.9 Å². The molecule has 0 aliphatic heterocycles. The molecule has 0 radical (unpaired) electrons. The molecule has 1 rings (SSSR count). The highest BCUT2D eigenvalue weighted by molar-refractivity contribution is 9.10. The molecule has 0 aliphatic rings. The van der Waals surface area contributed by atoms with Crippen molar-refractivity contribution in [2.24, 2.45) is 0 Å². The molecule has 0 aromatic heterocycles. The monoisotopic (exact) mass is 330 g/mol. The zero-order chi connectivity index (χ0) is 14.1. The van der Waals surface area contributed by atoms with Gasteiger partial charge in [-0.3, -0.25) is 4.79 Å². The summed E-state index contributed by atoms with van der Waals surface area (Å²) in [5, 5.41) is 5.99. The number of hydrogen-bond acceptors (Lipinski definition) is 4. The van der Waals surface area contributed by atoms with Crippen LogP contribution in [0.15, 0.2) is 22.7 Å². The highest BCUT2D eigenvalue weighted by Crippen LogP contribution is 2.22. The summed E-state index contributed by atoms with van der Waals surface area (Å²) in [6.07, 6.45) is 0. The van der Waals surface area contributed by atoms with Crippen LogP contribution in [0.4, 0.5) is 0 Å². The van der Waals surface area contributed by atoms with Crippen molar-refractivity contribution in [1.82, 2.24) is 10.6 Å². The maximum atomic E-state index is 12.0. The number of halogens is 1. The molecule has 6 heteroatoms. The molecule has 0 saturated carbocycles. The van der Waals surface area contributed by atoms with Gasteiger partial charge in [-0.2, -0.15) is 0 Å². The van der Waals surface area contributed by atoms with Gasteiger partial charge in [0, 0.05) is 31.2 Å². The van der Waals surface area contributed by atoms with Crippen LogP contribution in [0.5, 0.6) is 5.75 Å². The summed E-state index contributed by atoms with van der Waals surface area (Å²) >= 11 is 3.35. The molecule has 1 aromatic carbocycles. The van der Waals surface area contributed by atoms with Crippen LogP contribution in [0.3, 0.4) is 0 Å². The third kappa shape index (κ3) is 5.59. The third-order valence-corrected chi connectivity index (χ3v) is 3.18. The summed E-state index contributed by atoms with van der Waals surface area (Å²) in [6.45, 7) is 2.70. The van der Waals surface area contributed by atoms with Crippen LogP contribution in [-0.4, -0.2) is 46.4 Å².